The molecular weight excluding hydrogens is 336 g/mol. The summed E-state index contributed by atoms with van der Waals surface area (Å²) in [6, 6.07) is 10.6. The Morgan fingerprint density at radius 3 is 2.71 bits per heavy atom. The van der Waals surface area contributed by atoms with Gasteiger partial charge in [-0.25, -0.2) is 0 Å². The molecule has 2 aromatic heterocycles. The number of piperidine rings is 1. The lowest BCUT2D eigenvalue weighted by molar-refractivity contribution is 0.0612. The topological polar surface area (TPSA) is 32.3 Å². The molecule has 3 aromatic rings. The van der Waals surface area contributed by atoms with Crippen LogP contribution in [0.3, 0.4) is 0 Å². The van der Waals surface area contributed by atoms with Gasteiger partial charge in [0.2, 0.25) is 0 Å². The second kappa shape index (κ2) is 5.55. The van der Waals surface area contributed by atoms with Crippen molar-refractivity contribution in [3.63, 3.8) is 0 Å². The van der Waals surface area contributed by atoms with Gasteiger partial charge < -0.3 is 10.2 Å². The van der Waals surface area contributed by atoms with Gasteiger partial charge in [0.05, 0.1) is 9.58 Å². The van der Waals surface area contributed by atoms with Crippen LogP contribution in [0.25, 0.3) is 19.5 Å². The van der Waals surface area contributed by atoms with Crippen LogP contribution >= 0.6 is 22.7 Å². The monoisotopic (exact) mass is 356 g/mol. The van der Waals surface area contributed by atoms with Crippen LogP contribution in [0.2, 0.25) is 0 Å². The Morgan fingerprint density at radius 2 is 1.92 bits per heavy atom. The zero-order valence-electron chi connectivity index (χ0n) is 13.5. The van der Waals surface area contributed by atoms with E-state index >= 15 is 0 Å². The molecule has 5 heteroatoms. The average molecular weight is 357 g/mol. The number of amides is 1. The van der Waals surface area contributed by atoms with Gasteiger partial charge in [0.25, 0.3) is 5.91 Å². The SMILES string of the molecule is O=C(c1cc2sc3ccccc3c2s1)N1CCC2(CCNC2)CC1. The zero-order chi connectivity index (χ0) is 16.1. The van der Waals surface area contributed by atoms with Crippen molar-refractivity contribution < 1.29 is 4.79 Å². The number of benzene rings is 1. The second-order valence-electron chi connectivity index (χ2n) is 7.12. The number of hydrogen-bond donors (Lipinski definition) is 1. The molecule has 4 heterocycles. The van der Waals surface area contributed by atoms with Gasteiger partial charge in [-0.15, -0.1) is 22.7 Å². The van der Waals surface area contributed by atoms with Crippen molar-refractivity contribution in [3.05, 3.63) is 35.2 Å². The molecule has 1 N–H and O–H groups in total. The largest absolute Gasteiger partial charge is 0.338 e. The lowest BCUT2D eigenvalue weighted by atomic mass is 9.78. The number of fused-ring (bicyclic) bond motifs is 3. The molecule has 1 aromatic carbocycles. The molecule has 2 fully saturated rings. The van der Waals surface area contributed by atoms with Crippen molar-refractivity contribution in [2.24, 2.45) is 5.41 Å². The van der Waals surface area contributed by atoms with Crippen LogP contribution < -0.4 is 5.32 Å². The summed E-state index contributed by atoms with van der Waals surface area (Å²) >= 11 is 3.46. The van der Waals surface area contributed by atoms with Crippen LogP contribution in [-0.4, -0.2) is 37.0 Å². The summed E-state index contributed by atoms with van der Waals surface area (Å²) in [6.07, 6.45) is 3.57. The Balaban J connectivity index is 1.40. The Bertz CT molecular complexity index is 910. The number of carbonyl (C=O) groups excluding carboxylic acids is 1. The van der Waals surface area contributed by atoms with E-state index in [-0.39, 0.29) is 5.91 Å². The first kappa shape index (κ1) is 14.9. The third-order valence-corrected chi connectivity index (χ3v) is 8.11. The normalized spacial score (nSPS) is 20.4. The number of thiophene rings is 2. The van der Waals surface area contributed by atoms with Crippen molar-refractivity contribution in [1.29, 1.82) is 0 Å². The van der Waals surface area contributed by atoms with E-state index in [1.54, 1.807) is 22.7 Å². The van der Waals surface area contributed by atoms with Gasteiger partial charge in [-0.3, -0.25) is 4.79 Å². The number of rotatable bonds is 1. The Kier molecular flexibility index (Phi) is 3.44. The maximum atomic E-state index is 12.9. The first-order valence-corrected chi connectivity index (χ1v) is 10.3. The third kappa shape index (κ3) is 2.30. The lowest BCUT2D eigenvalue weighted by Gasteiger charge is -2.38. The first-order valence-electron chi connectivity index (χ1n) is 8.65. The van der Waals surface area contributed by atoms with Crippen molar-refractivity contribution in [2.45, 2.75) is 19.3 Å². The zero-order valence-corrected chi connectivity index (χ0v) is 15.1. The smallest absolute Gasteiger partial charge is 0.263 e. The van der Waals surface area contributed by atoms with Gasteiger partial charge in [-0.2, -0.15) is 0 Å². The molecule has 24 heavy (non-hydrogen) atoms. The van der Waals surface area contributed by atoms with Crippen molar-refractivity contribution in [2.75, 3.05) is 26.2 Å². The quantitative estimate of drug-likeness (QED) is 0.704. The molecule has 0 aliphatic carbocycles. The number of hydrogen-bond acceptors (Lipinski definition) is 4. The van der Waals surface area contributed by atoms with Crippen LogP contribution in [0.5, 0.6) is 0 Å². The van der Waals surface area contributed by atoms with Crippen LogP contribution in [0.15, 0.2) is 30.3 Å². The van der Waals surface area contributed by atoms with Crippen molar-refractivity contribution >= 4 is 48.1 Å². The van der Waals surface area contributed by atoms with E-state index in [1.165, 1.54) is 25.9 Å². The standard InChI is InChI=1S/C19H20N2OS2/c22-18(21-9-6-19(7-10-21)5-8-20-12-19)16-11-15-17(24-16)13-3-1-2-4-14(13)23-15/h1-4,11,20H,5-10,12H2. The van der Waals surface area contributed by atoms with E-state index in [0.29, 0.717) is 5.41 Å². The van der Waals surface area contributed by atoms with Crippen LogP contribution in [0, 0.1) is 5.41 Å². The third-order valence-electron chi connectivity index (χ3n) is 5.70. The summed E-state index contributed by atoms with van der Waals surface area (Å²) < 4.78 is 3.83. The van der Waals surface area contributed by atoms with E-state index in [2.05, 4.69) is 40.5 Å². The van der Waals surface area contributed by atoms with Crippen LogP contribution in [0.1, 0.15) is 28.9 Å². The fraction of sp³-hybridized carbons (Fsp3) is 0.421. The number of likely N-dealkylation sites (tertiary alicyclic amines) is 1. The molecule has 124 valence electrons. The van der Waals surface area contributed by atoms with E-state index in [1.807, 2.05) is 0 Å². The second-order valence-corrected chi connectivity index (χ2v) is 9.26. The molecule has 3 nitrogen and oxygen atoms in total. The lowest BCUT2D eigenvalue weighted by Crippen LogP contribution is -2.43. The van der Waals surface area contributed by atoms with E-state index < -0.39 is 0 Å². The Hall–Kier alpha value is -1.43. The van der Waals surface area contributed by atoms with Crippen LogP contribution in [-0.2, 0) is 0 Å². The maximum Gasteiger partial charge on any atom is 0.263 e. The molecular formula is C19H20N2OS2. The fourth-order valence-corrected chi connectivity index (χ4v) is 6.66. The van der Waals surface area contributed by atoms with Gasteiger partial charge in [0.1, 0.15) is 0 Å². The molecule has 0 radical (unpaired) electrons. The first-order chi connectivity index (χ1) is 11.7. The molecule has 2 aliphatic heterocycles. The van der Waals surface area contributed by atoms with E-state index in [4.69, 9.17) is 0 Å². The minimum atomic E-state index is 0.230. The summed E-state index contributed by atoms with van der Waals surface area (Å²) in [5.41, 5.74) is 0.461. The Morgan fingerprint density at radius 1 is 1.08 bits per heavy atom. The molecule has 0 bridgehead atoms. The summed E-state index contributed by atoms with van der Waals surface area (Å²) in [6.45, 7) is 4.09. The molecule has 0 atom stereocenters. The summed E-state index contributed by atoms with van der Waals surface area (Å²) in [4.78, 5) is 15.9. The molecule has 2 saturated heterocycles. The highest BCUT2D eigenvalue weighted by Gasteiger charge is 2.38. The fourth-order valence-electron chi connectivity index (χ4n) is 4.17. The predicted molar refractivity (Wildman–Crippen MR) is 102 cm³/mol. The summed E-state index contributed by atoms with van der Waals surface area (Å²) in [5.74, 6) is 0.230. The van der Waals surface area contributed by atoms with Crippen molar-refractivity contribution in [1.82, 2.24) is 10.2 Å². The maximum absolute atomic E-state index is 12.9. The van der Waals surface area contributed by atoms with Crippen molar-refractivity contribution in [3.8, 4) is 0 Å². The summed E-state index contributed by atoms with van der Waals surface area (Å²) in [7, 11) is 0. The number of carbonyl (C=O) groups is 1. The molecule has 1 spiro atoms. The number of nitrogens with zero attached hydrogens (tertiary/aromatic N) is 1. The highest BCUT2D eigenvalue weighted by Crippen LogP contribution is 2.41. The minimum Gasteiger partial charge on any atom is -0.338 e. The molecule has 2 aliphatic rings. The average Bonchev–Trinajstić information content (AvgIpc) is 3.30. The highest BCUT2D eigenvalue weighted by atomic mass is 32.1. The van der Waals surface area contributed by atoms with E-state index in [0.717, 1.165) is 43.9 Å². The Labute approximate surface area is 149 Å². The van der Waals surface area contributed by atoms with E-state index in [9.17, 15) is 4.79 Å². The minimum absolute atomic E-state index is 0.230. The predicted octanol–water partition coefficient (Wildman–Crippen LogP) is 4.33. The van der Waals surface area contributed by atoms with Gasteiger partial charge in [-0.05, 0) is 43.4 Å². The highest BCUT2D eigenvalue weighted by molar-refractivity contribution is 7.33. The summed E-state index contributed by atoms with van der Waals surface area (Å²) in [5, 5.41) is 4.78. The number of nitrogens with one attached hydrogen (secondary N) is 1. The van der Waals surface area contributed by atoms with Gasteiger partial charge in [0.15, 0.2) is 0 Å². The molecule has 1 amide bonds. The molecule has 5 rings (SSSR count). The van der Waals surface area contributed by atoms with Gasteiger partial charge >= 0.3 is 0 Å². The van der Waals surface area contributed by atoms with Gasteiger partial charge in [-0.1, -0.05) is 18.2 Å². The van der Waals surface area contributed by atoms with Gasteiger partial charge in [0, 0.05) is 34.4 Å². The molecule has 0 unspecified atom stereocenters. The molecule has 0 saturated carbocycles. The van der Waals surface area contributed by atoms with Crippen LogP contribution in [0.4, 0.5) is 0 Å².